The Hall–Kier alpha value is 0.480. The van der Waals surface area contributed by atoms with Crippen LogP contribution in [-0.2, 0) is 43.2 Å². The normalized spacial score (nSPS) is 10.5. The monoisotopic (exact) mass is 302 g/mol. The van der Waals surface area contributed by atoms with E-state index in [9.17, 15) is 0 Å². The quantitative estimate of drug-likeness (QED) is 0.273. The summed E-state index contributed by atoms with van der Waals surface area (Å²) in [4.78, 5) is 0. The molecule has 0 aromatic rings. The van der Waals surface area contributed by atoms with Crippen LogP contribution in [-0.4, -0.2) is 35.0 Å². The molecule has 0 amide bonds. The molecule has 0 atom stereocenters. The van der Waals surface area contributed by atoms with Gasteiger partial charge in [0.15, 0.2) is 0 Å². The van der Waals surface area contributed by atoms with E-state index in [1.54, 1.807) is 0 Å². The zero-order chi connectivity index (χ0) is 9.00. The van der Waals surface area contributed by atoms with Gasteiger partial charge < -0.3 is 4.55 Å². The Morgan fingerprint density at radius 2 is 0.909 bits per heavy atom. The molecule has 0 saturated heterocycles. The van der Waals surface area contributed by atoms with Gasteiger partial charge in [-0.1, -0.05) is 0 Å². The molecule has 0 fully saturated rings. The Morgan fingerprint density at radius 3 is 0.909 bits per heavy atom. The molecule has 0 aliphatic carbocycles. The van der Waals surface area contributed by atoms with Crippen molar-refractivity contribution in [2.45, 2.75) is 0 Å². The van der Waals surface area contributed by atoms with Crippen LogP contribution in [0.1, 0.15) is 0 Å². The molecule has 0 aromatic carbocycles. The Kier molecular flexibility index (Phi) is 9.64. The largest absolute Gasteiger partial charge is 1.00 e. The summed E-state index contributed by atoms with van der Waals surface area (Å²) in [6.45, 7) is 0. The van der Waals surface area contributed by atoms with Gasteiger partial charge in [-0.3, -0.25) is 13.7 Å². The molecule has 11 heavy (non-hydrogen) atoms. The van der Waals surface area contributed by atoms with E-state index in [-0.39, 0.29) is 22.4 Å². The molecule has 0 bridgehead atoms. The van der Waals surface area contributed by atoms with Crippen molar-refractivity contribution >= 4 is 20.8 Å². The number of hydrogen-bond acceptors (Lipinski definition) is 5. The maximum absolute atomic E-state index is 8.74. The fraction of sp³-hybridized carbons (Fsp3) is 0. The predicted octanol–water partition coefficient (Wildman–Crippen LogP) is -1.65. The third kappa shape index (κ3) is 3270. The maximum atomic E-state index is 8.74. The van der Waals surface area contributed by atoms with Crippen LogP contribution in [0.4, 0.5) is 0 Å². The first-order valence-electron chi connectivity index (χ1n) is 1.38. The second-order valence-electron chi connectivity index (χ2n) is 0.876. The van der Waals surface area contributed by atoms with E-state index in [2.05, 4.69) is 0 Å². The minimum absolute atomic E-state index is 0. The Balaban J connectivity index is -0.000000107. The standard InChI is InChI=1S/Ag.2H2O4S/c;2*1-5(2,3)4/h;2*(H2,1,2,3,4)/q+1;;/p-1. The Morgan fingerprint density at radius 1 is 0.909 bits per heavy atom. The van der Waals surface area contributed by atoms with E-state index in [0.29, 0.717) is 0 Å². The van der Waals surface area contributed by atoms with E-state index >= 15 is 0 Å². The second-order valence-corrected chi connectivity index (χ2v) is 2.63. The Labute approximate surface area is 78.3 Å². The van der Waals surface area contributed by atoms with Gasteiger partial charge in [0, 0.05) is 0 Å². The SMILES string of the molecule is O=S(=O)(O)O.O=S(=O)([O-])O.[Ag+]. The van der Waals surface area contributed by atoms with Crippen molar-refractivity contribution in [3.05, 3.63) is 0 Å². The van der Waals surface area contributed by atoms with Crippen molar-refractivity contribution in [2.24, 2.45) is 0 Å². The summed E-state index contributed by atoms with van der Waals surface area (Å²) in [5, 5.41) is 0. The molecular formula is H3AgO8S2. The first-order chi connectivity index (χ1) is 4.00. The average Bonchev–Trinajstić information content (AvgIpc) is 1.12. The fourth-order valence-electron chi connectivity index (χ4n) is 0. The first-order valence-corrected chi connectivity index (χ1v) is 4.14. The predicted molar refractivity (Wildman–Crippen MR) is 26.5 cm³/mol. The van der Waals surface area contributed by atoms with Crippen LogP contribution in [0.25, 0.3) is 0 Å². The third-order valence-electron chi connectivity index (χ3n) is 0. The summed E-state index contributed by atoms with van der Waals surface area (Å²) in [5.74, 6) is 0. The molecule has 74 valence electrons. The van der Waals surface area contributed by atoms with E-state index in [1.165, 1.54) is 0 Å². The minimum Gasteiger partial charge on any atom is -0.726 e. The van der Waals surface area contributed by atoms with Crippen LogP contribution in [0, 0.1) is 0 Å². The molecule has 0 heterocycles. The summed E-state index contributed by atoms with van der Waals surface area (Å²) in [7, 11) is -9.58. The summed E-state index contributed by atoms with van der Waals surface area (Å²) in [5.41, 5.74) is 0. The van der Waals surface area contributed by atoms with Crippen molar-refractivity contribution in [3.8, 4) is 0 Å². The van der Waals surface area contributed by atoms with Crippen molar-refractivity contribution in [2.75, 3.05) is 0 Å². The minimum atomic E-state index is -4.92. The van der Waals surface area contributed by atoms with Crippen LogP contribution in [0.5, 0.6) is 0 Å². The van der Waals surface area contributed by atoms with E-state index < -0.39 is 20.8 Å². The number of rotatable bonds is 0. The van der Waals surface area contributed by atoms with Gasteiger partial charge in [0.1, 0.15) is 0 Å². The van der Waals surface area contributed by atoms with Crippen LogP contribution in [0.3, 0.4) is 0 Å². The maximum Gasteiger partial charge on any atom is 1.00 e. The molecule has 0 aromatic heterocycles. The molecule has 3 N–H and O–H groups in total. The average molecular weight is 303 g/mol. The summed E-state index contributed by atoms with van der Waals surface area (Å²) in [6, 6.07) is 0. The molecule has 8 nitrogen and oxygen atoms in total. The zero-order valence-corrected chi connectivity index (χ0v) is 7.62. The molecule has 0 spiro atoms. The molecule has 0 rings (SSSR count). The topological polar surface area (TPSA) is 152 Å². The van der Waals surface area contributed by atoms with E-state index in [0.717, 1.165) is 0 Å². The summed E-state index contributed by atoms with van der Waals surface area (Å²) in [6.07, 6.45) is 0. The van der Waals surface area contributed by atoms with E-state index in [4.69, 9.17) is 35.0 Å². The van der Waals surface area contributed by atoms with Crippen molar-refractivity contribution in [1.82, 2.24) is 0 Å². The molecule has 0 aliphatic rings. The molecular weight excluding hydrogens is 300 g/mol. The molecule has 0 aliphatic heterocycles. The van der Waals surface area contributed by atoms with Gasteiger partial charge in [0.2, 0.25) is 10.4 Å². The van der Waals surface area contributed by atoms with Crippen molar-refractivity contribution in [3.63, 3.8) is 0 Å². The van der Waals surface area contributed by atoms with Gasteiger partial charge in [-0.15, -0.1) is 0 Å². The third-order valence-corrected chi connectivity index (χ3v) is 0. The molecule has 0 saturated carbocycles. The van der Waals surface area contributed by atoms with Gasteiger partial charge in [-0.05, 0) is 0 Å². The molecule has 11 heteroatoms. The van der Waals surface area contributed by atoms with Gasteiger partial charge in [0.05, 0.1) is 0 Å². The first kappa shape index (κ1) is 17.5. The van der Waals surface area contributed by atoms with Crippen LogP contribution >= 0.6 is 0 Å². The molecule has 0 unspecified atom stereocenters. The summed E-state index contributed by atoms with van der Waals surface area (Å²) < 4.78 is 64.4. The van der Waals surface area contributed by atoms with Crippen LogP contribution in [0.2, 0.25) is 0 Å². The van der Waals surface area contributed by atoms with Gasteiger partial charge >= 0.3 is 32.8 Å². The van der Waals surface area contributed by atoms with Crippen LogP contribution in [0.15, 0.2) is 0 Å². The smallest absolute Gasteiger partial charge is 0.726 e. The fourth-order valence-corrected chi connectivity index (χ4v) is 0. The van der Waals surface area contributed by atoms with Crippen molar-refractivity contribution < 1.29 is 57.4 Å². The second kappa shape index (κ2) is 6.05. The number of hydrogen-bond donors (Lipinski definition) is 3. The van der Waals surface area contributed by atoms with Crippen LogP contribution < -0.4 is 0 Å². The van der Waals surface area contributed by atoms with Gasteiger partial charge in [-0.25, -0.2) is 8.42 Å². The van der Waals surface area contributed by atoms with E-state index in [1.807, 2.05) is 0 Å². The van der Waals surface area contributed by atoms with Gasteiger partial charge in [0.25, 0.3) is 0 Å². The zero-order valence-electron chi connectivity index (χ0n) is 4.50. The van der Waals surface area contributed by atoms with Gasteiger partial charge in [-0.2, -0.15) is 8.42 Å². The van der Waals surface area contributed by atoms with Crippen molar-refractivity contribution in [1.29, 1.82) is 0 Å². The Bertz CT molecular complexity index is 208. The summed E-state index contributed by atoms with van der Waals surface area (Å²) >= 11 is 0. The molecule has 0 radical (unpaired) electrons.